The third kappa shape index (κ3) is 6.30. The lowest BCUT2D eigenvalue weighted by molar-refractivity contribution is -0.127. The lowest BCUT2D eigenvalue weighted by Crippen LogP contribution is -2.38. The van der Waals surface area contributed by atoms with Crippen molar-refractivity contribution in [3.8, 4) is 0 Å². The molecule has 0 aromatic heterocycles. The van der Waals surface area contributed by atoms with Gasteiger partial charge < -0.3 is 15.4 Å². The van der Waals surface area contributed by atoms with Gasteiger partial charge in [0.15, 0.2) is 0 Å². The molecule has 0 bridgehead atoms. The molecule has 0 radical (unpaired) electrons. The molecule has 1 amide bonds. The highest BCUT2D eigenvalue weighted by molar-refractivity contribution is 5.85. The van der Waals surface area contributed by atoms with Gasteiger partial charge in [-0.25, -0.2) is 0 Å². The third-order valence-electron chi connectivity index (χ3n) is 2.62. The largest absolute Gasteiger partial charge is 0.381 e. The molecule has 1 heterocycles. The molecular weight excluding hydrogens is 228 g/mol. The SMILES string of the molecule is CCCNCCNC(=O)C1CCOCC1.Cl. The number of hydrogen-bond acceptors (Lipinski definition) is 3. The lowest BCUT2D eigenvalue weighted by atomic mass is 9.99. The number of halogens is 1. The van der Waals surface area contributed by atoms with Crippen molar-refractivity contribution in [1.82, 2.24) is 10.6 Å². The molecule has 96 valence electrons. The van der Waals surface area contributed by atoms with Gasteiger partial charge in [-0.15, -0.1) is 12.4 Å². The predicted octanol–water partition coefficient (Wildman–Crippen LogP) is 0.951. The van der Waals surface area contributed by atoms with E-state index in [0.717, 1.165) is 52.1 Å². The number of nitrogens with one attached hydrogen (secondary N) is 2. The van der Waals surface area contributed by atoms with Crippen LogP contribution in [0.1, 0.15) is 26.2 Å². The van der Waals surface area contributed by atoms with Crippen LogP contribution in [0.5, 0.6) is 0 Å². The maximum absolute atomic E-state index is 11.6. The molecule has 0 aliphatic carbocycles. The van der Waals surface area contributed by atoms with Gasteiger partial charge in [0.05, 0.1) is 0 Å². The fourth-order valence-corrected chi connectivity index (χ4v) is 1.68. The Kier molecular flexibility index (Phi) is 9.68. The van der Waals surface area contributed by atoms with Gasteiger partial charge in [0, 0.05) is 32.2 Å². The summed E-state index contributed by atoms with van der Waals surface area (Å²) < 4.78 is 5.22. The monoisotopic (exact) mass is 250 g/mol. The maximum atomic E-state index is 11.6. The van der Waals surface area contributed by atoms with Gasteiger partial charge in [-0.05, 0) is 25.8 Å². The van der Waals surface area contributed by atoms with Crippen LogP contribution in [0.15, 0.2) is 0 Å². The van der Waals surface area contributed by atoms with E-state index in [2.05, 4.69) is 17.6 Å². The molecule has 0 atom stereocenters. The van der Waals surface area contributed by atoms with Crippen LogP contribution in [0.2, 0.25) is 0 Å². The van der Waals surface area contributed by atoms with Gasteiger partial charge in [0.25, 0.3) is 0 Å². The Morgan fingerprint density at radius 3 is 2.56 bits per heavy atom. The molecule has 1 saturated heterocycles. The van der Waals surface area contributed by atoms with E-state index >= 15 is 0 Å². The van der Waals surface area contributed by atoms with Crippen LogP contribution in [0.4, 0.5) is 0 Å². The summed E-state index contributed by atoms with van der Waals surface area (Å²) in [5.74, 6) is 0.363. The van der Waals surface area contributed by atoms with Gasteiger partial charge >= 0.3 is 0 Å². The van der Waals surface area contributed by atoms with Crippen LogP contribution in [0.25, 0.3) is 0 Å². The summed E-state index contributed by atoms with van der Waals surface area (Å²) >= 11 is 0. The molecule has 0 saturated carbocycles. The van der Waals surface area contributed by atoms with E-state index in [9.17, 15) is 4.79 Å². The Labute approximate surface area is 104 Å². The minimum atomic E-state index is 0. The van der Waals surface area contributed by atoms with Crippen molar-refractivity contribution in [2.75, 3.05) is 32.8 Å². The first-order chi connectivity index (χ1) is 7.34. The number of hydrogen-bond donors (Lipinski definition) is 2. The molecule has 5 heteroatoms. The highest BCUT2D eigenvalue weighted by atomic mass is 35.5. The van der Waals surface area contributed by atoms with Crippen LogP contribution in [0.3, 0.4) is 0 Å². The van der Waals surface area contributed by atoms with Crippen molar-refractivity contribution in [2.45, 2.75) is 26.2 Å². The molecule has 0 aromatic rings. The molecule has 0 unspecified atom stereocenters. The number of amides is 1. The maximum Gasteiger partial charge on any atom is 0.223 e. The van der Waals surface area contributed by atoms with Crippen LogP contribution < -0.4 is 10.6 Å². The van der Waals surface area contributed by atoms with Gasteiger partial charge in [-0.3, -0.25) is 4.79 Å². The Morgan fingerprint density at radius 2 is 1.94 bits per heavy atom. The van der Waals surface area contributed by atoms with E-state index in [1.165, 1.54) is 0 Å². The topological polar surface area (TPSA) is 50.4 Å². The zero-order valence-corrected chi connectivity index (χ0v) is 10.8. The molecule has 1 aliphatic rings. The molecule has 2 N–H and O–H groups in total. The molecular formula is C11H23ClN2O2. The van der Waals surface area contributed by atoms with E-state index in [1.807, 2.05) is 0 Å². The fraction of sp³-hybridized carbons (Fsp3) is 0.909. The minimum Gasteiger partial charge on any atom is -0.381 e. The zero-order valence-electron chi connectivity index (χ0n) is 9.96. The summed E-state index contributed by atoms with van der Waals surface area (Å²) in [4.78, 5) is 11.6. The summed E-state index contributed by atoms with van der Waals surface area (Å²) in [7, 11) is 0. The summed E-state index contributed by atoms with van der Waals surface area (Å²) in [6.07, 6.45) is 2.87. The van der Waals surface area contributed by atoms with Gasteiger partial charge in [-0.1, -0.05) is 6.92 Å². The molecule has 4 nitrogen and oxygen atoms in total. The number of carbonyl (C=O) groups excluding carboxylic acids is 1. The van der Waals surface area contributed by atoms with Crippen LogP contribution in [0, 0.1) is 5.92 Å². The molecule has 0 spiro atoms. The molecule has 1 aliphatic heterocycles. The van der Waals surface area contributed by atoms with Gasteiger partial charge in [0.2, 0.25) is 5.91 Å². The Hall–Kier alpha value is -0.320. The molecule has 1 rings (SSSR count). The van der Waals surface area contributed by atoms with Crippen molar-refractivity contribution in [1.29, 1.82) is 0 Å². The van der Waals surface area contributed by atoms with E-state index in [0.29, 0.717) is 0 Å². The van der Waals surface area contributed by atoms with Crippen LogP contribution >= 0.6 is 12.4 Å². The summed E-state index contributed by atoms with van der Waals surface area (Å²) in [6, 6.07) is 0. The predicted molar refractivity (Wildman–Crippen MR) is 67.0 cm³/mol. The average Bonchev–Trinajstić information content (AvgIpc) is 2.30. The highest BCUT2D eigenvalue weighted by Gasteiger charge is 2.20. The van der Waals surface area contributed by atoms with Crippen LogP contribution in [-0.2, 0) is 9.53 Å². The van der Waals surface area contributed by atoms with E-state index < -0.39 is 0 Å². The van der Waals surface area contributed by atoms with Gasteiger partial charge in [-0.2, -0.15) is 0 Å². The second kappa shape index (κ2) is 9.87. The first kappa shape index (κ1) is 15.7. The Morgan fingerprint density at radius 1 is 1.25 bits per heavy atom. The van der Waals surface area contributed by atoms with Crippen molar-refractivity contribution in [3.05, 3.63) is 0 Å². The van der Waals surface area contributed by atoms with Crippen molar-refractivity contribution in [3.63, 3.8) is 0 Å². The normalized spacial score (nSPS) is 16.6. The number of carbonyl (C=O) groups is 1. The summed E-state index contributed by atoms with van der Waals surface area (Å²) in [5.41, 5.74) is 0. The smallest absolute Gasteiger partial charge is 0.223 e. The van der Waals surface area contributed by atoms with Crippen molar-refractivity contribution in [2.24, 2.45) is 5.92 Å². The first-order valence-corrected chi connectivity index (χ1v) is 5.90. The van der Waals surface area contributed by atoms with Gasteiger partial charge in [0.1, 0.15) is 0 Å². The lowest BCUT2D eigenvalue weighted by Gasteiger charge is -2.21. The van der Waals surface area contributed by atoms with Crippen molar-refractivity contribution < 1.29 is 9.53 Å². The summed E-state index contributed by atoms with van der Waals surface area (Å²) in [5, 5.41) is 6.21. The molecule has 1 fully saturated rings. The number of rotatable bonds is 6. The second-order valence-electron chi connectivity index (χ2n) is 3.93. The van der Waals surface area contributed by atoms with Crippen molar-refractivity contribution >= 4 is 18.3 Å². The first-order valence-electron chi connectivity index (χ1n) is 5.90. The van der Waals surface area contributed by atoms with E-state index in [-0.39, 0.29) is 24.2 Å². The highest BCUT2D eigenvalue weighted by Crippen LogP contribution is 2.14. The Bertz CT molecular complexity index is 185. The standard InChI is InChI=1S/C11H22N2O2.ClH/c1-2-5-12-6-7-13-11(14)10-3-8-15-9-4-10;/h10,12H,2-9H2,1H3,(H,13,14);1H. The molecule has 16 heavy (non-hydrogen) atoms. The van der Waals surface area contributed by atoms with Crippen LogP contribution in [-0.4, -0.2) is 38.8 Å². The average molecular weight is 251 g/mol. The summed E-state index contributed by atoms with van der Waals surface area (Å²) in [6.45, 7) is 6.21. The second-order valence-corrected chi connectivity index (χ2v) is 3.93. The minimum absolute atomic E-state index is 0. The zero-order chi connectivity index (χ0) is 10.9. The Balaban J connectivity index is 0.00000225. The van der Waals surface area contributed by atoms with E-state index in [1.54, 1.807) is 0 Å². The van der Waals surface area contributed by atoms with E-state index in [4.69, 9.17) is 4.74 Å². The number of ether oxygens (including phenoxy) is 1. The quantitative estimate of drug-likeness (QED) is 0.691. The third-order valence-corrected chi connectivity index (χ3v) is 2.62. The fourth-order valence-electron chi connectivity index (χ4n) is 1.68. The molecule has 0 aromatic carbocycles.